The summed E-state index contributed by atoms with van der Waals surface area (Å²) in [5.41, 5.74) is 0.0580. The maximum Gasteiger partial charge on any atom is 0.322 e. The van der Waals surface area contributed by atoms with Gasteiger partial charge in [0.15, 0.2) is 0 Å². The summed E-state index contributed by atoms with van der Waals surface area (Å²) >= 11 is 6.00. The highest BCUT2D eigenvalue weighted by molar-refractivity contribution is 6.30. The van der Waals surface area contributed by atoms with Gasteiger partial charge in [0.2, 0.25) is 0 Å². The Morgan fingerprint density at radius 2 is 2.07 bits per heavy atom. The summed E-state index contributed by atoms with van der Waals surface area (Å²) in [7, 11) is 0. The average molecular weight is 439 g/mol. The third-order valence-electron chi connectivity index (χ3n) is 6.27. The Morgan fingerprint density at radius 3 is 2.70 bits per heavy atom. The van der Waals surface area contributed by atoms with Crippen molar-refractivity contribution in [1.82, 2.24) is 15.5 Å². The number of carbonyl (C=O) groups excluding carboxylic acids is 2. The van der Waals surface area contributed by atoms with Crippen LogP contribution in [0.15, 0.2) is 18.2 Å². The molecule has 2 aliphatic heterocycles. The van der Waals surface area contributed by atoms with Gasteiger partial charge in [0.1, 0.15) is 11.4 Å². The van der Waals surface area contributed by atoms with Crippen molar-refractivity contribution in [3.05, 3.63) is 29.0 Å². The van der Waals surface area contributed by atoms with E-state index < -0.39 is 5.54 Å². The van der Waals surface area contributed by atoms with Crippen LogP contribution >= 0.6 is 11.6 Å². The van der Waals surface area contributed by atoms with Gasteiger partial charge < -0.3 is 15.0 Å². The number of rotatable bonds is 8. The minimum atomic E-state index is -0.743. The van der Waals surface area contributed by atoms with Gasteiger partial charge in [-0.05, 0) is 56.7 Å². The van der Waals surface area contributed by atoms with Crippen molar-refractivity contribution in [3.8, 4) is 0 Å². The fraction of sp³-hybridized carbons (Fsp3) is 0.619. The summed E-state index contributed by atoms with van der Waals surface area (Å²) in [5, 5.41) is 5.62. The zero-order chi connectivity index (χ0) is 21.3. The number of anilines is 1. The van der Waals surface area contributed by atoms with Crippen LogP contribution in [-0.4, -0.2) is 61.4 Å². The van der Waals surface area contributed by atoms with E-state index in [1.807, 2.05) is 0 Å². The van der Waals surface area contributed by atoms with Gasteiger partial charge in [-0.2, -0.15) is 0 Å². The first kappa shape index (κ1) is 21.3. The first-order valence-electron chi connectivity index (χ1n) is 10.5. The first-order chi connectivity index (χ1) is 14.4. The molecule has 0 bridgehead atoms. The van der Waals surface area contributed by atoms with E-state index in [9.17, 15) is 14.0 Å². The quantitative estimate of drug-likeness (QED) is 0.482. The van der Waals surface area contributed by atoms with Crippen LogP contribution in [-0.2, 0) is 9.53 Å². The van der Waals surface area contributed by atoms with Crippen LogP contribution in [0.5, 0.6) is 0 Å². The van der Waals surface area contributed by atoms with Gasteiger partial charge in [-0.15, -0.1) is 0 Å². The minimum Gasteiger partial charge on any atom is -0.366 e. The molecule has 1 unspecified atom stereocenters. The Morgan fingerprint density at radius 1 is 1.27 bits per heavy atom. The van der Waals surface area contributed by atoms with Crippen molar-refractivity contribution in [1.29, 1.82) is 0 Å². The zero-order valence-electron chi connectivity index (χ0n) is 17.1. The summed E-state index contributed by atoms with van der Waals surface area (Å²) in [6.07, 6.45) is 3.27. The highest BCUT2D eigenvalue weighted by atomic mass is 35.5. The lowest BCUT2D eigenvalue weighted by Gasteiger charge is -2.41. The zero-order valence-corrected chi connectivity index (χ0v) is 17.9. The molecule has 7 nitrogen and oxygen atoms in total. The second-order valence-corrected chi connectivity index (χ2v) is 8.98. The standard InChI is InChI=1S/C21H28ClFN4O3/c1-14-12-26(6-7-27(14)18-10-16(22)9-17(23)11-18)13-30-8-2-5-21(15-3-4-15)19(28)24-20(29)25-21/h9-11,14-15H,2-8,12-13H2,1H3,(H2,24,25,28,29)/t14-,21?/m0/s1. The molecular formula is C21H28ClFN4O3. The molecule has 2 N–H and O–H groups in total. The Kier molecular flexibility index (Phi) is 6.18. The van der Waals surface area contributed by atoms with Gasteiger partial charge in [-0.3, -0.25) is 15.0 Å². The second-order valence-electron chi connectivity index (χ2n) is 8.54. The lowest BCUT2D eigenvalue weighted by Crippen LogP contribution is -2.52. The molecule has 30 heavy (non-hydrogen) atoms. The number of hydrogen-bond donors (Lipinski definition) is 2. The summed E-state index contributed by atoms with van der Waals surface area (Å²) in [6.45, 7) is 5.53. The molecule has 9 heteroatoms. The predicted molar refractivity (Wildman–Crippen MR) is 112 cm³/mol. The fourth-order valence-electron chi connectivity index (χ4n) is 4.63. The highest BCUT2D eigenvalue weighted by Crippen LogP contribution is 2.43. The number of piperazine rings is 1. The average Bonchev–Trinajstić information content (AvgIpc) is 3.47. The molecule has 3 fully saturated rings. The lowest BCUT2D eigenvalue weighted by atomic mass is 9.88. The molecule has 2 atom stereocenters. The summed E-state index contributed by atoms with van der Waals surface area (Å²) < 4.78 is 19.5. The molecule has 0 spiro atoms. The van der Waals surface area contributed by atoms with Crippen LogP contribution in [0.4, 0.5) is 14.9 Å². The van der Waals surface area contributed by atoms with Crippen molar-refractivity contribution < 1.29 is 18.7 Å². The molecule has 4 rings (SSSR count). The van der Waals surface area contributed by atoms with Crippen LogP contribution in [0.2, 0.25) is 5.02 Å². The van der Waals surface area contributed by atoms with Crippen LogP contribution in [0, 0.1) is 11.7 Å². The molecule has 3 aliphatic rings. The number of nitrogens with zero attached hydrogens (tertiary/aromatic N) is 2. The molecule has 3 amide bonds. The Bertz CT molecular complexity index is 801. The number of ether oxygens (including phenoxy) is 1. The van der Waals surface area contributed by atoms with Crippen LogP contribution < -0.4 is 15.5 Å². The number of imide groups is 1. The van der Waals surface area contributed by atoms with Crippen molar-refractivity contribution in [2.75, 3.05) is 37.9 Å². The van der Waals surface area contributed by atoms with Gasteiger partial charge in [-0.1, -0.05) is 11.6 Å². The van der Waals surface area contributed by atoms with E-state index in [0.29, 0.717) is 31.2 Å². The van der Waals surface area contributed by atoms with E-state index in [4.69, 9.17) is 16.3 Å². The fourth-order valence-corrected chi connectivity index (χ4v) is 4.85. The maximum absolute atomic E-state index is 13.7. The van der Waals surface area contributed by atoms with Crippen LogP contribution in [0.1, 0.15) is 32.6 Å². The van der Waals surface area contributed by atoms with Gasteiger partial charge in [-0.25, -0.2) is 9.18 Å². The molecule has 2 heterocycles. The topological polar surface area (TPSA) is 73.9 Å². The number of hydrogen-bond acceptors (Lipinski definition) is 5. The number of nitrogens with one attached hydrogen (secondary N) is 2. The van der Waals surface area contributed by atoms with Gasteiger partial charge in [0.25, 0.3) is 5.91 Å². The highest BCUT2D eigenvalue weighted by Gasteiger charge is 2.55. The van der Waals surface area contributed by atoms with Gasteiger partial charge >= 0.3 is 6.03 Å². The van der Waals surface area contributed by atoms with Gasteiger partial charge in [0, 0.05) is 43.0 Å². The third-order valence-corrected chi connectivity index (χ3v) is 6.49. The number of amides is 3. The first-order valence-corrected chi connectivity index (χ1v) is 10.9. The van der Waals surface area contributed by atoms with E-state index in [1.54, 1.807) is 6.07 Å². The van der Waals surface area contributed by atoms with Crippen molar-refractivity contribution in [2.24, 2.45) is 5.92 Å². The van der Waals surface area contributed by atoms with E-state index >= 15 is 0 Å². The number of carbonyl (C=O) groups is 2. The van der Waals surface area contributed by atoms with Crippen LogP contribution in [0.25, 0.3) is 0 Å². The van der Waals surface area contributed by atoms with Crippen molar-refractivity contribution in [2.45, 2.75) is 44.2 Å². The molecule has 0 aromatic heterocycles. The summed E-state index contributed by atoms with van der Waals surface area (Å²) in [6, 6.07) is 4.44. The molecule has 164 valence electrons. The SMILES string of the molecule is C[C@H]1CN(COCCCC2(C3CC3)NC(=O)NC2=O)CCN1c1cc(F)cc(Cl)c1. The molecule has 1 saturated carbocycles. The third kappa shape index (κ3) is 4.55. The van der Waals surface area contributed by atoms with Gasteiger partial charge in [0.05, 0.1) is 6.73 Å². The largest absolute Gasteiger partial charge is 0.366 e. The minimum absolute atomic E-state index is 0.197. The number of urea groups is 1. The second kappa shape index (κ2) is 8.69. The molecular weight excluding hydrogens is 411 g/mol. The normalized spacial score (nSPS) is 27.3. The predicted octanol–water partition coefficient (Wildman–Crippen LogP) is 2.73. The lowest BCUT2D eigenvalue weighted by molar-refractivity contribution is -0.125. The van der Waals surface area contributed by atoms with E-state index in [0.717, 1.165) is 38.2 Å². The maximum atomic E-state index is 13.7. The van der Waals surface area contributed by atoms with Crippen LogP contribution in [0.3, 0.4) is 0 Å². The Hall–Kier alpha value is -1.90. The van der Waals surface area contributed by atoms with Crippen molar-refractivity contribution >= 4 is 29.2 Å². The molecule has 0 radical (unpaired) electrons. The molecule has 1 aromatic rings. The molecule has 1 aromatic carbocycles. The molecule has 1 aliphatic carbocycles. The monoisotopic (exact) mass is 438 g/mol. The van der Waals surface area contributed by atoms with Crippen molar-refractivity contribution in [3.63, 3.8) is 0 Å². The Labute approximate surface area is 180 Å². The van der Waals surface area contributed by atoms with E-state index in [-0.39, 0.29) is 29.7 Å². The number of benzene rings is 1. The van der Waals surface area contributed by atoms with E-state index in [2.05, 4.69) is 27.4 Å². The summed E-state index contributed by atoms with van der Waals surface area (Å²) in [4.78, 5) is 28.2. The summed E-state index contributed by atoms with van der Waals surface area (Å²) in [5.74, 6) is -0.279. The smallest absolute Gasteiger partial charge is 0.322 e. The Balaban J connectivity index is 1.20. The molecule has 2 saturated heterocycles. The van der Waals surface area contributed by atoms with E-state index in [1.165, 1.54) is 12.1 Å². The number of halogens is 2.